The highest BCUT2D eigenvalue weighted by atomic mass is 16.1. The summed E-state index contributed by atoms with van der Waals surface area (Å²) in [4.78, 5) is 16.8. The van der Waals surface area contributed by atoms with E-state index in [9.17, 15) is 4.79 Å². The summed E-state index contributed by atoms with van der Waals surface area (Å²) in [5.41, 5.74) is 4.69. The number of amides is 1. The van der Waals surface area contributed by atoms with E-state index in [4.69, 9.17) is 0 Å². The summed E-state index contributed by atoms with van der Waals surface area (Å²) in [5.74, 6) is 0.795. The van der Waals surface area contributed by atoms with Gasteiger partial charge in [-0.3, -0.25) is 9.79 Å². The van der Waals surface area contributed by atoms with Crippen molar-refractivity contribution in [3.63, 3.8) is 0 Å². The molecule has 0 bridgehead atoms. The Bertz CT molecular complexity index is 1000. The fourth-order valence-corrected chi connectivity index (χ4v) is 3.03. The van der Waals surface area contributed by atoms with Crippen LogP contribution in [0, 0.1) is 0 Å². The van der Waals surface area contributed by atoms with Crippen LogP contribution in [-0.2, 0) is 0 Å². The quantitative estimate of drug-likeness (QED) is 0.691. The van der Waals surface area contributed by atoms with E-state index < -0.39 is 0 Å². The van der Waals surface area contributed by atoms with Gasteiger partial charge in [-0.15, -0.1) is 0 Å². The van der Waals surface area contributed by atoms with Crippen LogP contribution in [0.2, 0.25) is 0 Å². The van der Waals surface area contributed by atoms with Crippen LogP contribution in [0.15, 0.2) is 89.9 Å². The molecule has 138 valence electrons. The highest BCUT2D eigenvalue weighted by Crippen LogP contribution is 2.20. The maximum absolute atomic E-state index is 12.5. The first-order chi connectivity index (χ1) is 13.8. The molecule has 4 heteroatoms. The number of aliphatic imine (C=N–C) groups is 1. The van der Waals surface area contributed by atoms with E-state index in [0.29, 0.717) is 5.56 Å². The van der Waals surface area contributed by atoms with Gasteiger partial charge in [0.25, 0.3) is 5.91 Å². The minimum Gasteiger partial charge on any atom is -0.369 e. The molecule has 0 unspecified atom stereocenters. The number of amidine groups is 1. The van der Waals surface area contributed by atoms with E-state index >= 15 is 0 Å². The zero-order chi connectivity index (χ0) is 19.2. The fraction of sp³-hybridized carbons (Fsp3) is 0.0833. The second-order valence-electron chi connectivity index (χ2n) is 6.55. The maximum Gasteiger partial charge on any atom is 0.255 e. The maximum atomic E-state index is 12.5. The number of carbonyl (C=O) groups excluding carboxylic acids is 1. The Labute approximate surface area is 164 Å². The van der Waals surface area contributed by atoms with Gasteiger partial charge in [0.1, 0.15) is 5.84 Å². The molecule has 0 aliphatic carbocycles. The van der Waals surface area contributed by atoms with Gasteiger partial charge in [0.2, 0.25) is 0 Å². The lowest BCUT2D eigenvalue weighted by atomic mass is 10.0. The van der Waals surface area contributed by atoms with Crippen LogP contribution < -0.4 is 10.6 Å². The van der Waals surface area contributed by atoms with Gasteiger partial charge in [0.15, 0.2) is 0 Å². The van der Waals surface area contributed by atoms with Crippen molar-refractivity contribution in [2.45, 2.75) is 0 Å². The summed E-state index contributed by atoms with van der Waals surface area (Å²) < 4.78 is 0. The summed E-state index contributed by atoms with van der Waals surface area (Å²) >= 11 is 0. The average molecular weight is 367 g/mol. The number of rotatable bonds is 5. The molecule has 3 aromatic carbocycles. The van der Waals surface area contributed by atoms with Crippen LogP contribution in [0.4, 0.5) is 5.69 Å². The fourth-order valence-electron chi connectivity index (χ4n) is 3.03. The Balaban J connectivity index is 1.39. The van der Waals surface area contributed by atoms with Gasteiger partial charge in [-0.2, -0.15) is 0 Å². The second kappa shape index (κ2) is 8.35. The molecule has 1 aliphatic rings. The molecule has 3 aromatic rings. The van der Waals surface area contributed by atoms with E-state index in [1.807, 2.05) is 78.9 Å². The molecule has 0 spiro atoms. The normalized spacial score (nSPS) is 13.2. The molecule has 2 N–H and O–H groups in total. The Morgan fingerprint density at radius 3 is 2.25 bits per heavy atom. The van der Waals surface area contributed by atoms with Gasteiger partial charge in [0.05, 0.1) is 6.54 Å². The molecule has 0 aromatic heterocycles. The van der Waals surface area contributed by atoms with Crippen molar-refractivity contribution in [2.24, 2.45) is 4.99 Å². The van der Waals surface area contributed by atoms with E-state index in [-0.39, 0.29) is 5.91 Å². The van der Waals surface area contributed by atoms with Gasteiger partial charge in [-0.1, -0.05) is 60.7 Å². The summed E-state index contributed by atoms with van der Waals surface area (Å²) in [6.45, 7) is 1.73. The number of carbonyl (C=O) groups is 1. The number of nitrogens with one attached hydrogen (secondary N) is 2. The average Bonchev–Trinajstić information content (AvgIpc) is 3.28. The zero-order valence-corrected chi connectivity index (χ0v) is 15.4. The van der Waals surface area contributed by atoms with E-state index in [1.54, 1.807) is 0 Å². The Morgan fingerprint density at radius 1 is 0.857 bits per heavy atom. The lowest BCUT2D eigenvalue weighted by molar-refractivity contribution is 0.102. The Morgan fingerprint density at radius 2 is 1.57 bits per heavy atom. The van der Waals surface area contributed by atoms with E-state index in [1.165, 1.54) is 0 Å². The molecule has 0 saturated heterocycles. The third-order valence-electron chi connectivity index (χ3n) is 4.56. The second-order valence-corrected chi connectivity index (χ2v) is 6.55. The molecule has 0 atom stereocenters. The molecule has 0 radical (unpaired) electrons. The minimum atomic E-state index is -0.118. The summed E-state index contributed by atoms with van der Waals surface area (Å²) in [6.07, 6.45) is 3.97. The topological polar surface area (TPSA) is 53.5 Å². The van der Waals surface area contributed by atoms with Gasteiger partial charge in [-0.25, -0.2) is 0 Å². The molecule has 4 rings (SSSR count). The van der Waals surface area contributed by atoms with Gasteiger partial charge < -0.3 is 10.6 Å². The predicted octanol–water partition coefficient (Wildman–Crippen LogP) is 4.62. The Kier molecular flexibility index (Phi) is 5.29. The van der Waals surface area contributed by atoms with Crippen LogP contribution in [-0.4, -0.2) is 24.8 Å². The molecule has 1 amide bonds. The Hall–Kier alpha value is -3.66. The minimum absolute atomic E-state index is 0.118. The number of nitrogens with zero attached hydrogens (tertiary/aromatic N) is 1. The first-order valence-electron chi connectivity index (χ1n) is 9.31. The lowest BCUT2D eigenvalue weighted by Crippen LogP contribution is -2.15. The molecule has 28 heavy (non-hydrogen) atoms. The van der Waals surface area contributed by atoms with Crippen LogP contribution in [0.1, 0.15) is 15.9 Å². The summed E-state index contributed by atoms with van der Waals surface area (Å²) in [7, 11) is 0. The molecule has 4 nitrogen and oxygen atoms in total. The van der Waals surface area contributed by atoms with Crippen LogP contribution in [0.3, 0.4) is 0 Å². The van der Waals surface area contributed by atoms with Crippen LogP contribution >= 0.6 is 0 Å². The molecular formula is C24H21N3O. The van der Waals surface area contributed by atoms with Crippen LogP contribution in [0.25, 0.3) is 17.2 Å². The van der Waals surface area contributed by atoms with Gasteiger partial charge in [-0.05, 0) is 47.0 Å². The third-order valence-corrected chi connectivity index (χ3v) is 4.56. The highest BCUT2D eigenvalue weighted by molar-refractivity contribution is 6.04. The molecule has 0 saturated carbocycles. The number of benzene rings is 3. The largest absolute Gasteiger partial charge is 0.369 e. The van der Waals surface area contributed by atoms with Gasteiger partial charge >= 0.3 is 0 Å². The van der Waals surface area contributed by atoms with Crippen molar-refractivity contribution < 1.29 is 4.79 Å². The number of hydrogen-bond donors (Lipinski definition) is 2. The molecule has 0 fully saturated rings. The molecule has 1 aliphatic heterocycles. The zero-order valence-electron chi connectivity index (χ0n) is 15.4. The first-order valence-corrected chi connectivity index (χ1v) is 9.31. The lowest BCUT2D eigenvalue weighted by Gasteiger charge is -2.07. The van der Waals surface area contributed by atoms with E-state index in [2.05, 4.69) is 27.8 Å². The smallest absolute Gasteiger partial charge is 0.255 e. The molecular weight excluding hydrogens is 346 g/mol. The van der Waals surface area contributed by atoms with Crippen molar-refractivity contribution in [3.8, 4) is 11.1 Å². The number of anilines is 1. The van der Waals surface area contributed by atoms with E-state index in [0.717, 1.165) is 41.3 Å². The van der Waals surface area contributed by atoms with Crippen molar-refractivity contribution >= 4 is 23.5 Å². The van der Waals surface area contributed by atoms with Crippen molar-refractivity contribution in [1.29, 1.82) is 0 Å². The van der Waals surface area contributed by atoms with Crippen molar-refractivity contribution in [1.82, 2.24) is 5.32 Å². The van der Waals surface area contributed by atoms with Crippen LogP contribution in [0.5, 0.6) is 0 Å². The molecule has 1 heterocycles. The summed E-state index contributed by atoms with van der Waals surface area (Å²) in [5, 5.41) is 6.15. The third kappa shape index (κ3) is 4.35. The monoisotopic (exact) mass is 367 g/mol. The number of hydrogen-bond acceptors (Lipinski definition) is 3. The first kappa shape index (κ1) is 17.7. The van der Waals surface area contributed by atoms with Crippen molar-refractivity contribution in [3.05, 3.63) is 96.1 Å². The SMILES string of the molecule is O=C(Nc1ccc(C=CC2=NCCN2)cc1)c1ccc(-c2ccccc2)cc1. The summed E-state index contributed by atoms with van der Waals surface area (Å²) in [6, 6.07) is 25.5. The van der Waals surface area contributed by atoms with Crippen molar-refractivity contribution in [2.75, 3.05) is 18.4 Å². The standard InChI is InChI=1S/C24H21N3O/c28-24(21-11-9-20(10-12-21)19-4-2-1-3-5-19)27-22-13-6-18(7-14-22)8-15-23-25-16-17-26-23/h1-15H,16-17H2,(H,25,26)(H,27,28). The highest BCUT2D eigenvalue weighted by Gasteiger charge is 2.07. The van der Waals surface area contributed by atoms with Gasteiger partial charge in [0, 0.05) is 17.8 Å². The predicted molar refractivity (Wildman–Crippen MR) is 116 cm³/mol.